The minimum Gasteiger partial charge on any atom is -0.465 e. The van der Waals surface area contributed by atoms with Gasteiger partial charge in [-0.3, -0.25) is 0 Å². The number of ether oxygens (including phenoxy) is 3. The van der Waals surface area contributed by atoms with E-state index < -0.39 is 24.1 Å². The Bertz CT molecular complexity index is 1010. The Labute approximate surface area is 186 Å². The van der Waals surface area contributed by atoms with Crippen molar-refractivity contribution < 1.29 is 28.6 Å². The molecule has 2 heterocycles. The fourth-order valence-electron chi connectivity index (χ4n) is 4.49. The van der Waals surface area contributed by atoms with Gasteiger partial charge in [0.05, 0.1) is 25.3 Å². The summed E-state index contributed by atoms with van der Waals surface area (Å²) in [6.45, 7) is 2.62. The van der Waals surface area contributed by atoms with Crippen LogP contribution in [0.4, 0.5) is 10.5 Å². The van der Waals surface area contributed by atoms with Gasteiger partial charge in [-0.05, 0) is 42.7 Å². The Morgan fingerprint density at radius 2 is 1.88 bits per heavy atom. The Morgan fingerprint density at radius 3 is 2.59 bits per heavy atom. The molecule has 0 aromatic heterocycles. The van der Waals surface area contributed by atoms with Gasteiger partial charge in [-0.1, -0.05) is 30.3 Å². The molecule has 0 radical (unpaired) electrons. The van der Waals surface area contributed by atoms with E-state index in [9.17, 15) is 14.4 Å². The monoisotopic (exact) mass is 438 g/mol. The number of methoxy groups -OCH3 is 1. The number of amides is 1. The summed E-state index contributed by atoms with van der Waals surface area (Å²) in [6.07, 6.45) is 0.143. The van der Waals surface area contributed by atoms with Gasteiger partial charge in [0.25, 0.3) is 0 Å². The zero-order valence-corrected chi connectivity index (χ0v) is 18.1. The first kappa shape index (κ1) is 21.7. The lowest BCUT2D eigenvalue weighted by Crippen LogP contribution is -2.46. The Balaban J connectivity index is 1.64. The second-order valence-electron chi connectivity index (χ2n) is 7.80. The summed E-state index contributed by atoms with van der Waals surface area (Å²) in [5.74, 6) is -1.03. The summed E-state index contributed by atoms with van der Waals surface area (Å²) >= 11 is 0. The van der Waals surface area contributed by atoms with Crippen molar-refractivity contribution in [3.8, 4) is 0 Å². The molecule has 168 valence electrons. The molecular weight excluding hydrogens is 412 g/mol. The summed E-state index contributed by atoms with van der Waals surface area (Å²) < 4.78 is 15.7. The lowest BCUT2D eigenvalue weighted by atomic mass is 9.82. The molecular formula is C24H26N2O6. The number of fused-ring (bicyclic) bond motifs is 3. The van der Waals surface area contributed by atoms with Crippen LogP contribution in [0.25, 0.3) is 0 Å². The molecule has 8 nitrogen and oxygen atoms in total. The molecule has 1 fully saturated rings. The van der Waals surface area contributed by atoms with E-state index in [-0.39, 0.29) is 25.1 Å². The smallest absolute Gasteiger partial charge is 0.410 e. The van der Waals surface area contributed by atoms with E-state index in [0.717, 1.165) is 11.1 Å². The zero-order chi connectivity index (χ0) is 22.7. The second-order valence-corrected chi connectivity index (χ2v) is 7.80. The van der Waals surface area contributed by atoms with Crippen molar-refractivity contribution in [2.75, 3.05) is 25.6 Å². The van der Waals surface area contributed by atoms with Crippen LogP contribution in [0.15, 0.2) is 48.5 Å². The molecule has 32 heavy (non-hydrogen) atoms. The van der Waals surface area contributed by atoms with Crippen molar-refractivity contribution in [3.63, 3.8) is 0 Å². The molecule has 4 rings (SSSR count). The molecule has 1 saturated heterocycles. The molecule has 0 aliphatic carbocycles. The molecule has 2 aromatic rings. The van der Waals surface area contributed by atoms with Crippen LogP contribution in [0.5, 0.6) is 0 Å². The maximum absolute atomic E-state index is 13.0. The van der Waals surface area contributed by atoms with E-state index in [1.54, 1.807) is 30.0 Å². The van der Waals surface area contributed by atoms with Crippen molar-refractivity contribution in [3.05, 3.63) is 65.2 Å². The standard InChI is InChI=1S/C24H26N2O6/c1-3-31-23(28)20-17-11-12-26(24(29)32-14-15-7-5-4-6-8-15)21(17)18-13-16(22(27)30-2)9-10-19(18)25-20/h4-10,13,17,20-21,25H,3,11-12,14H2,1-2H3/t17-,20-,21-/m0/s1. The number of nitrogens with one attached hydrogen (secondary N) is 1. The summed E-state index contributed by atoms with van der Waals surface area (Å²) in [6, 6.07) is 13.5. The Kier molecular flexibility index (Phi) is 6.30. The van der Waals surface area contributed by atoms with E-state index >= 15 is 0 Å². The van der Waals surface area contributed by atoms with E-state index in [1.807, 2.05) is 30.3 Å². The molecule has 2 aliphatic rings. The van der Waals surface area contributed by atoms with Crippen LogP contribution >= 0.6 is 0 Å². The predicted molar refractivity (Wildman–Crippen MR) is 116 cm³/mol. The fraction of sp³-hybridized carbons (Fsp3) is 0.375. The van der Waals surface area contributed by atoms with Gasteiger partial charge >= 0.3 is 18.0 Å². The lowest BCUT2D eigenvalue weighted by Gasteiger charge is -2.38. The van der Waals surface area contributed by atoms with Gasteiger partial charge in [-0.15, -0.1) is 0 Å². The van der Waals surface area contributed by atoms with Gasteiger partial charge in [0, 0.05) is 18.2 Å². The zero-order valence-electron chi connectivity index (χ0n) is 18.1. The number of benzene rings is 2. The number of carbonyl (C=O) groups is 3. The number of nitrogens with zero attached hydrogens (tertiary/aromatic N) is 1. The van der Waals surface area contributed by atoms with E-state index in [2.05, 4.69) is 5.32 Å². The van der Waals surface area contributed by atoms with Gasteiger partial charge < -0.3 is 24.4 Å². The van der Waals surface area contributed by atoms with Crippen molar-refractivity contribution in [1.29, 1.82) is 0 Å². The molecule has 2 aromatic carbocycles. The first-order chi connectivity index (χ1) is 15.5. The van der Waals surface area contributed by atoms with Crippen molar-refractivity contribution in [2.45, 2.75) is 32.0 Å². The van der Waals surface area contributed by atoms with Crippen molar-refractivity contribution >= 4 is 23.7 Å². The summed E-state index contributed by atoms with van der Waals surface area (Å²) in [4.78, 5) is 39.4. The SMILES string of the molecule is CCOC(=O)[C@H]1Nc2ccc(C(=O)OC)cc2[C@@H]2[C@H]1CCN2C(=O)OCc1ccccc1. The van der Waals surface area contributed by atoms with Crippen LogP contribution in [0, 0.1) is 5.92 Å². The first-order valence-corrected chi connectivity index (χ1v) is 10.7. The number of hydrogen-bond donors (Lipinski definition) is 1. The van der Waals surface area contributed by atoms with E-state index in [4.69, 9.17) is 14.2 Å². The maximum atomic E-state index is 13.0. The first-order valence-electron chi connectivity index (χ1n) is 10.7. The van der Waals surface area contributed by atoms with Gasteiger partial charge in [0.1, 0.15) is 12.6 Å². The molecule has 0 saturated carbocycles. The summed E-state index contributed by atoms with van der Waals surface area (Å²) in [7, 11) is 1.32. The number of anilines is 1. The summed E-state index contributed by atoms with van der Waals surface area (Å²) in [5, 5.41) is 3.25. The molecule has 1 amide bonds. The van der Waals surface area contributed by atoms with Crippen molar-refractivity contribution in [2.24, 2.45) is 5.92 Å². The second kappa shape index (κ2) is 9.30. The third kappa shape index (κ3) is 4.12. The number of rotatable bonds is 5. The predicted octanol–water partition coefficient (Wildman–Crippen LogP) is 3.53. The quantitative estimate of drug-likeness (QED) is 0.564. The molecule has 0 bridgehead atoms. The molecule has 2 aliphatic heterocycles. The van der Waals surface area contributed by atoms with Crippen LogP contribution in [0.3, 0.4) is 0 Å². The average Bonchev–Trinajstić information content (AvgIpc) is 3.27. The molecule has 1 N–H and O–H groups in total. The third-order valence-electron chi connectivity index (χ3n) is 5.96. The minimum absolute atomic E-state index is 0.155. The Morgan fingerprint density at radius 1 is 1.09 bits per heavy atom. The number of esters is 2. The number of likely N-dealkylation sites (tertiary alicyclic amines) is 1. The molecule has 0 unspecified atom stereocenters. The van der Waals surface area contributed by atoms with E-state index in [1.165, 1.54) is 7.11 Å². The highest BCUT2D eigenvalue weighted by Crippen LogP contribution is 2.47. The molecule has 8 heteroatoms. The van der Waals surface area contributed by atoms with Crippen LogP contribution in [-0.2, 0) is 25.6 Å². The van der Waals surface area contributed by atoms with Gasteiger partial charge in [-0.2, -0.15) is 0 Å². The van der Waals surface area contributed by atoms with E-state index in [0.29, 0.717) is 24.2 Å². The number of carbonyl (C=O) groups excluding carboxylic acids is 3. The topological polar surface area (TPSA) is 94.2 Å². The lowest BCUT2D eigenvalue weighted by molar-refractivity contribution is -0.145. The van der Waals surface area contributed by atoms with Crippen LogP contribution in [-0.4, -0.2) is 49.2 Å². The minimum atomic E-state index is -0.594. The molecule has 0 spiro atoms. The van der Waals surface area contributed by atoms with Crippen LogP contribution in [0.2, 0.25) is 0 Å². The van der Waals surface area contributed by atoms with Gasteiger partial charge in [0.15, 0.2) is 0 Å². The highest BCUT2D eigenvalue weighted by molar-refractivity contribution is 5.91. The van der Waals surface area contributed by atoms with Gasteiger partial charge in [-0.25, -0.2) is 14.4 Å². The normalized spacial score (nSPS) is 21.1. The molecule has 3 atom stereocenters. The van der Waals surface area contributed by atoms with Crippen molar-refractivity contribution in [1.82, 2.24) is 4.90 Å². The maximum Gasteiger partial charge on any atom is 0.410 e. The van der Waals surface area contributed by atoms with Gasteiger partial charge in [0.2, 0.25) is 0 Å². The fourth-order valence-corrected chi connectivity index (χ4v) is 4.49. The highest BCUT2D eigenvalue weighted by Gasteiger charge is 2.49. The van der Waals surface area contributed by atoms with Crippen LogP contribution < -0.4 is 5.32 Å². The Hall–Kier alpha value is -3.55. The van der Waals surface area contributed by atoms with Crippen LogP contribution in [0.1, 0.15) is 40.9 Å². The average molecular weight is 438 g/mol. The largest absolute Gasteiger partial charge is 0.465 e. The summed E-state index contributed by atoms with van der Waals surface area (Å²) in [5.41, 5.74) is 2.71. The number of hydrogen-bond acceptors (Lipinski definition) is 7. The third-order valence-corrected chi connectivity index (χ3v) is 5.96. The highest BCUT2D eigenvalue weighted by atomic mass is 16.6.